The van der Waals surface area contributed by atoms with E-state index < -0.39 is 0 Å². The number of carbonyl (C=O) groups excluding carboxylic acids is 2. The maximum atomic E-state index is 12.7. The van der Waals surface area contributed by atoms with Crippen molar-refractivity contribution < 1.29 is 9.59 Å². The Bertz CT molecular complexity index is 1070. The molecule has 0 fully saturated rings. The summed E-state index contributed by atoms with van der Waals surface area (Å²) in [7, 11) is 0. The monoisotopic (exact) mass is 393 g/mol. The predicted octanol–water partition coefficient (Wildman–Crippen LogP) is 3.88. The summed E-state index contributed by atoms with van der Waals surface area (Å²) >= 11 is 1.59. The van der Waals surface area contributed by atoms with Gasteiger partial charge in [0, 0.05) is 18.9 Å². The Morgan fingerprint density at radius 3 is 2.86 bits per heavy atom. The molecule has 2 aromatic heterocycles. The topological polar surface area (TPSA) is 90.4 Å². The molecule has 0 saturated carbocycles. The molecule has 1 aliphatic heterocycles. The number of aromatic nitrogens is 2. The molecule has 4 rings (SSSR count). The van der Waals surface area contributed by atoms with Crippen LogP contribution in [0.1, 0.15) is 24.0 Å². The third kappa shape index (κ3) is 3.59. The number of rotatable bonds is 4. The number of anilines is 2. The number of aromatic amines is 1. The van der Waals surface area contributed by atoms with E-state index in [1.807, 2.05) is 49.6 Å². The number of thiophene rings is 1. The Kier molecular flexibility index (Phi) is 4.79. The first-order chi connectivity index (χ1) is 13.5. The highest BCUT2D eigenvalue weighted by Crippen LogP contribution is 2.26. The molecular weight excluding hydrogens is 374 g/mol. The molecule has 28 heavy (non-hydrogen) atoms. The molecule has 2 N–H and O–H groups in total. The molecule has 8 heteroatoms. The second-order valence-electron chi connectivity index (χ2n) is 6.64. The number of nitrogens with zero attached hydrogens (tertiary/aromatic N) is 3. The van der Waals surface area contributed by atoms with Gasteiger partial charge in [0.15, 0.2) is 5.82 Å². The summed E-state index contributed by atoms with van der Waals surface area (Å²) in [5.74, 6) is -0.0525. The van der Waals surface area contributed by atoms with Crippen LogP contribution in [0.2, 0.25) is 0 Å². The zero-order valence-electron chi connectivity index (χ0n) is 15.5. The van der Waals surface area contributed by atoms with Crippen LogP contribution in [0.4, 0.5) is 11.5 Å². The van der Waals surface area contributed by atoms with Crippen molar-refractivity contribution in [3.05, 3.63) is 52.9 Å². The van der Waals surface area contributed by atoms with Crippen molar-refractivity contribution in [2.24, 2.45) is 5.10 Å². The van der Waals surface area contributed by atoms with Crippen molar-refractivity contribution in [2.75, 3.05) is 10.3 Å². The van der Waals surface area contributed by atoms with E-state index in [2.05, 4.69) is 20.6 Å². The van der Waals surface area contributed by atoms with Gasteiger partial charge in [-0.1, -0.05) is 18.2 Å². The van der Waals surface area contributed by atoms with E-state index in [9.17, 15) is 9.59 Å². The number of benzene rings is 1. The largest absolute Gasteiger partial charge is 0.304 e. The standard InChI is InChI=1S/C20H19N5O2S/c1-12-5-6-13(2)16(10-12)25-19(26)8-7-14(24-25)20(27)21-18-11-15(22-23-18)17-4-3-9-28-17/h3-6,9-11H,7-8H2,1-2H3,(H2,21,22,23,27). The molecule has 3 heterocycles. The van der Waals surface area contributed by atoms with Crippen LogP contribution in [0.3, 0.4) is 0 Å². The number of carbonyl (C=O) groups is 2. The summed E-state index contributed by atoms with van der Waals surface area (Å²) in [6.45, 7) is 3.87. The fourth-order valence-corrected chi connectivity index (χ4v) is 3.68. The molecule has 0 spiro atoms. The molecule has 0 radical (unpaired) electrons. The van der Waals surface area contributed by atoms with Gasteiger partial charge in [-0.15, -0.1) is 11.3 Å². The number of H-pyrrole nitrogens is 1. The minimum Gasteiger partial charge on any atom is -0.304 e. The van der Waals surface area contributed by atoms with Crippen molar-refractivity contribution in [1.82, 2.24) is 10.2 Å². The first kappa shape index (κ1) is 18.1. The van der Waals surface area contributed by atoms with Crippen LogP contribution < -0.4 is 10.3 Å². The lowest BCUT2D eigenvalue weighted by molar-refractivity contribution is -0.118. The zero-order valence-corrected chi connectivity index (χ0v) is 16.3. The molecule has 0 aliphatic carbocycles. The lowest BCUT2D eigenvalue weighted by Gasteiger charge is -2.24. The fourth-order valence-electron chi connectivity index (χ4n) is 2.98. The van der Waals surface area contributed by atoms with E-state index in [1.54, 1.807) is 17.4 Å². The average molecular weight is 393 g/mol. The van der Waals surface area contributed by atoms with Crippen LogP contribution in [0.25, 0.3) is 10.6 Å². The molecular formula is C20H19N5O2S. The number of amides is 2. The van der Waals surface area contributed by atoms with E-state index in [4.69, 9.17) is 0 Å². The second-order valence-corrected chi connectivity index (χ2v) is 7.59. The fraction of sp³-hybridized carbons (Fsp3) is 0.200. The Hall–Kier alpha value is -3.26. The molecule has 0 atom stereocenters. The predicted molar refractivity (Wildman–Crippen MR) is 111 cm³/mol. The van der Waals surface area contributed by atoms with Crippen LogP contribution in [0, 0.1) is 13.8 Å². The van der Waals surface area contributed by atoms with Crippen molar-refractivity contribution >= 4 is 40.4 Å². The molecule has 0 bridgehead atoms. The maximum absolute atomic E-state index is 12.7. The SMILES string of the molecule is Cc1ccc(C)c(N2N=C(C(=O)Nc3cc(-c4cccs4)[nH]n3)CCC2=O)c1. The van der Waals surface area contributed by atoms with E-state index >= 15 is 0 Å². The van der Waals surface area contributed by atoms with E-state index in [-0.39, 0.29) is 18.2 Å². The van der Waals surface area contributed by atoms with Crippen LogP contribution in [-0.2, 0) is 9.59 Å². The van der Waals surface area contributed by atoms with Gasteiger partial charge in [-0.3, -0.25) is 14.7 Å². The Balaban J connectivity index is 1.55. The molecule has 2 amide bonds. The summed E-state index contributed by atoms with van der Waals surface area (Å²) in [5.41, 5.74) is 3.80. The highest BCUT2D eigenvalue weighted by Gasteiger charge is 2.27. The van der Waals surface area contributed by atoms with Gasteiger partial charge >= 0.3 is 0 Å². The number of nitrogens with one attached hydrogen (secondary N) is 2. The van der Waals surface area contributed by atoms with Crippen molar-refractivity contribution in [3.8, 4) is 10.6 Å². The smallest absolute Gasteiger partial charge is 0.273 e. The van der Waals surface area contributed by atoms with Gasteiger partial charge in [0.05, 0.1) is 16.3 Å². The van der Waals surface area contributed by atoms with Gasteiger partial charge in [0.25, 0.3) is 5.91 Å². The highest BCUT2D eigenvalue weighted by atomic mass is 32.1. The molecule has 142 valence electrons. The molecule has 7 nitrogen and oxygen atoms in total. The number of aryl methyl sites for hydroxylation is 2. The van der Waals surface area contributed by atoms with E-state index in [1.165, 1.54) is 5.01 Å². The average Bonchev–Trinajstić information content (AvgIpc) is 3.36. The molecule has 0 unspecified atom stereocenters. The van der Waals surface area contributed by atoms with Gasteiger partial charge in [0.1, 0.15) is 5.71 Å². The van der Waals surface area contributed by atoms with Gasteiger partial charge in [-0.05, 0) is 42.5 Å². The third-order valence-electron chi connectivity index (χ3n) is 4.49. The normalized spacial score (nSPS) is 14.1. The number of hydrogen-bond acceptors (Lipinski definition) is 5. The van der Waals surface area contributed by atoms with Crippen LogP contribution in [-0.4, -0.2) is 27.7 Å². The minimum atomic E-state index is -0.355. The van der Waals surface area contributed by atoms with Crippen molar-refractivity contribution in [2.45, 2.75) is 26.7 Å². The van der Waals surface area contributed by atoms with Gasteiger partial charge in [-0.25, -0.2) is 5.01 Å². The Morgan fingerprint density at radius 2 is 2.07 bits per heavy atom. The molecule has 1 aromatic carbocycles. The quantitative estimate of drug-likeness (QED) is 0.705. The second kappa shape index (κ2) is 7.40. The lowest BCUT2D eigenvalue weighted by atomic mass is 10.1. The summed E-state index contributed by atoms with van der Waals surface area (Å²) < 4.78 is 0. The minimum absolute atomic E-state index is 0.120. The third-order valence-corrected chi connectivity index (χ3v) is 5.40. The lowest BCUT2D eigenvalue weighted by Crippen LogP contribution is -2.36. The van der Waals surface area contributed by atoms with Crippen molar-refractivity contribution in [1.29, 1.82) is 0 Å². The number of hydrazone groups is 1. The highest BCUT2D eigenvalue weighted by molar-refractivity contribution is 7.13. The Labute approximate surface area is 166 Å². The van der Waals surface area contributed by atoms with Crippen LogP contribution >= 0.6 is 11.3 Å². The Morgan fingerprint density at radius 1 is 1.21 bits per heavy atom. The molecule has 1 aliphatic rings. The first-order valence-corrected chi connectivity index (χ1v) is 9.77. The molecule has 3 aromatic rings. The zero-order chi connectivity index (χ0) is 19.7. The van der Waals surface area contributed by atoms with Crippen LogP contribution in [0.5, 0.6) is 0 Å². The van der Waals surface area contributed by atoms with Crippen molar-refractivity contribution in [3.63, 3.8) is 0 Å². The van der Waals surface area contributed by atoms with E-state index in [0.717, 1.165) is 21.7 Å². The summed E-state index contributed by atoms with van der Waals surface area (Å²) in [6, 6.07) is 11.5. The summed E-state index contributed by atoms with van der Waals surface area (Å²) in [5, 5.41) is 17.5. The van der Waals surface area contributed by atoms with Crippen LogP contribution in [0.15, 0.2) is 46.9 Å². The van der Waals surface area contributed by atoms with Gasteiger partial charge in [0.2, 0.25) is 5.91 Å². The summed E-state index contributed by atoms with van der Waals surface area (Å²) in [4.78, 5) is 26.1. The summed E-state index contributed by atoms with van der Waals surface area (Å²) in [6.07, 6.45) is 0.537. The van der Waals surface area contributed by atoms with Gasteiger partial charge in [-0.2, -0.15) is 10.2 Å². The first-order valence-electron chi connectivity index (χ1n) is 8.89. The maximum Gasteiger partial charge on any atom is 0.273 e. The number of hydrogen-bond donors (Lipinski definition) is 2. The van der Waals surface area contributed by atoms with Gasteiger partial charge < -0.3 is 5.32 Å². The molecule has 0 saturated heterocycles. The van der Waals surface area contributed by atoms with E-state index in [0.29, 0.717) is 23.6 Å².